The molecule has 1 aliphatic heterocycles. The van der Waals surface area contributed by atoms with E-state index in [1.165, 1.54) is 6.07 Å². The first kappa shape index (κ1) is 20.5. The highest BCUT2D eigenvalue weighted by Gasteiger charge is 2.31. The van der Waals surface area contributed by atoms with Gasteiger partial charge in [-0.1, -0.05) is 12.1 Å². The fourth-order valence-electron chi connectivity index (χ4n) is 4.03. The predicted octanol–water partition coefficient (Wildman–Crippen LogP) is 3.80. The molecule has 0 saturated carbocycles. The maximum absolute atomic E-state index is 12.8. The van der Waals surface area contributed by atoms with E-state index in [4.69, 9.17) is 4.42 Å². The number of furan rings is 1. The van der Waals surface area contributed by atoms with Crippen molar-refractivity contribution >= 4 is 27.9 Å². The van der Waals surface area contributed by atoms with E-state index in [0.29, 0.717) is 48.9 Å². The number of aromatic nitrogens is 3. The molecule has 0 unspecified atom stereocenters. The third-order valence-corrected chi connectivity index (χ3v) is 5.64. The largest absolute Gasteiger partial charge is 0.449 e. The van der Waals surface area contributed by atoms with Crippen LogP contribution in [-0.2, 0) is 12.7 Å². The fourth-order valence-corrected chi connectivity index (χ4v) is 4.03. The maximum atomic E-state index is 12.8. The average Bonchev–Trinajstić information content (AvgIpc) is 2.98. The highest BCUT2D eigenvalue weighted by Crippen LogP contribution is 2.29. The number of fused-ring (bicyclic) bond motifs is 3. The lowest BCUT2D eigenvalue weighted by molar-refractivity contribution is -0.137. The molecule has 32 heavy (non-hydrogen) atoms. The van der Waals surface area contributed by atoms with E-state index in [2.05, 4.69) is 19.9 Å². The van der Waals surface area contributed by atoms with Gasteiger partial charge in [0, 0.05) is 37.8 Å². The van der Waals surface area contributed by atoms with Crippen LogP contribution >= 0.6 is 0 Å². The smallest absolute Gasteiger partial charge is 0.417 e. The monoisotopic (exact) mass is 443 g/mol. The van der Waals surface area contributed by atoms with Crippen LogP contribution in [0.2, 0.25) is 0 Å². The van der Waals surface area contributed by atoms with Crippen molar-refractivity contribution in [3.8, 4) is 0 Å². The van der Waals surface area contributed by atoms with Gasteiger partial charge < -0.3 is 14.3 Å². The summed E-state index contributed by atoms with van der Waals surface area (Å²) in [5.74, 6) is 1.08. The number of para-hydroxylation sites is 1. The Morgan fingerprint density at radius 1 is 1.06 bits per heavy atom. The Labute approximate surface area is 180 Å². The Bertz CT molecular complexity index is 1310. The van der Waals surface area contributed by atoms with Crippen LogP contribution in [0.1, 0.15) is 17.8 Å². The number of H-pyrrole nitrogens is 1. The van der Waals surface area contributed by atoms with Crippen LogP contribution in [-0.4, -0.2) is 46.0 Å². The summed E-state index contributed by atoms with van der Waals surface area (Å²) in [7, 11) is 0. The molecule has 0 radical (unpaired) electrons. The Morgan fingerprint density at radius 2 is 1.91 bits per heavy atom. The number of pyridine rings is 1. The maximum Gasteiger partial charge on any atom is 0.417 e. The normalized spacial score (nSPS) is 16.0. The van der Waals surface area contributed by atoms with Crippen LogP contribution in [0.15, 0.2) is 51.8 Å². The van der Waals surface area contributed by atoms with Gasteiger partial charge in [-0.15, -0.1) is 0 Å². The van der Waals surface area contributed by atoms with Gasteiger partial charge in [-0.2, -0.15) is 13.2 Å². The van der Waals surface area contributed by atoms with Crippen LogP contribution in [0.3, 0.4) is 0 Å². The van der Waals surface area contributed by atoms with E-state index in [9.17, 15) is 18.0 Å². The van der Waals surface area contributed by atoms with Crippen molar-refractivity contribution in [2.24, 2.45) is 0 Å². The molecule has 0 amide bonds. The zero-order chi connectivity index (χ0) is 22.3. The van der Waals surface area contributed by atoms with E-state index < -0.39 is 11.7 Å². The topological polar surface area (TPSA) is 78.3 Å². The van der Waals surface area contributed by atoms with Crippen molar-refractivity contribution in [1.82, 2.24) is 19.9 Å². The highest BCUT2D eigenvalue weighted by molar-refractivity contribution is 6.01. The summed E-state index contributed by atoms with van der Waals surface area (Å²) in [6.45, 7) is 3.18. The molecule has 0 atom stereocenters. The van der Waals surface area contributed by atoms with Crippen LogP contribution in [0.5, 0.6) is 0 Å². The molecule has 1 aromatic carbocycles. The van der Waals surface area contributed by atoms with Gasteiger partial charge in [0.15, 0.2) is 0 Å². The minimum Gasteiger partial charge on any atom is -0.449 e. The summed E-state index contributed by atoms with van der Waals surface area (Å²) in [6.07, 6.45) is -2.71. The van der Waals surface area contributed by atoms with E-state index in [1.807, 2.05) is 23.1 Å². The summed E-state index contributed by atoms with van der Waals surface area (Å²) in [4.78, 5) is 28.1. The Balaban J connectivity index is 1.31. The third kappa shape index (κ3) is 3.93. The van der Waals surface area contributed by atoms with E-state index in [1.54, 1.807) is 6.07 Å². The number of halogens is 3. The second-order valence-corrected chi connectivity index (χ2v) is 7.81. The summed E-state index contributed by atoms with van der Waals surface area (Å²) < 4.78 is 44.0. The number of alkyl halides is 3. The van der Waals surface area contributed by atoms with Crippen LogP contribution in [0, 0.1) is 0 Å². The first-order chi connectivity index (χ1) is 15.4. The minimum absolute atomic E-state index is 0.213. The lowest BCUT2D eigenvalue weighted by atomic mass is 10.2. The molecule has 3 aromatic heterocycles. The molecule has 0 spiro atoms. The van der Waals surface area contributed by atoms with Crippen LogP contribution in [0.4, 0.5) is 19.0 Å². The SMILES string of the molecule is O=c1[nH]c(CN2CCCN(c3ccc(C(F)(F)F)cn3)CC2)nc2c1oc1ccccc12. The van der Waals surface area contributed by atoms with E-state index >= 15 is 0 Å². The predicted molar refractivity (Wildman–Crippen MR) is 113 cm³/mol. The minimum atomic E-state index is -4.40. The van der Waals surface area contributed by atoms with Crippen molar-refractivity contribution in [3.63, 3.8) is 0 Å². The van der Waals surface area contributed by atoms with Gasteiger partial charge in [-0.3, -0.25) is 9.69 Å². The third-order valence-electron chi connectivity index (χ3n) is 5.64. The molecule has 4 aromatic rings. The van der Waals surface area contributed by atoms with E-state index in [-0.39, 0.29) is 11.1 Å². The molecule has 1 N–H and O–H groups in total. The second-order valence-electron chi connectivity index (χ2n) is 7.81. The molecular formula is C22H20F3N5O2. The van der Waals surface area contributed by atoms with Crippen LogP contribution in [0.25, 0.3) is 22.1 Å². The molecule has 1 fully saturated rings. The van der Waals surface area contributed by atoms with Crippen molar-refractivity contribution < 1.29 is 17.6 Å². The zero-order valence-corrected chi connectivity index (χ0v) is 17.0. The molecule has 0 aliphatic carbocycles. The van der Waals surface area contributed by atoms with Crippen molar-refractivity contribution in [3.05, 3.63) is 64.3 Å². The standard InChI is InChI=1S/C22H20F3N5O2/c23-22(24,25)14-6-7-18(26-12-14)30-9-3-8-29(10-11-30)13-17-27-19-15-4-1-2-5-16(15)32-20(19)21(31)28-17/h1-2,4-7,12H,3,8-11,13H2,(H,27,28,31). The summed E-state index contributed by atoms with van der Waals surface area (Å²) in [5.41, 5.74) is 0.309. The van der Waals surface area contributed by atoms with Crippen LogP contribution < -0.4 is 10.5 Å². The molecule has 4 heterocycles. The molecule has 1 aliphatic rings. The molecule has 5 rings (SSSR count). The van der Waals surface area contributed by atoms with E-state index in [0.717, 1.165) is 30.6 Å². The van der Waals surface area contributed by atoms with Gasteiger partial charge in [0.2, 0.25) is 5.58 Å². The number of nitrogens with zero attached hydrogens (tertiary/aromatic N) is 4. The second kappa shape index (κ2) is 7.94. The number of hydrogen-bond donors (Lipinski definition) is 1. The summed E-state index contributed by atoms with van der Waals surface area (Å²) in [6, 6.07) is 9.86. The van der Waals surface area contributed by atoms with Gasteiger partial charge >= 0.3 is 6.18 Å². The molecule has 10 heteroatoms. The van der Waals surface area contributed by atoms with Gasteiger partial charge in [0.05, 0.1) is 12.1 Å². The average molecular weight is 443 g/mol. The molecular weight excluding hydrogens is 423 g/mol. The summed E-state index contributed by atoms with van der Waals surface area (Å²) >= 11 is 0. The van der Waals surface area contributed by atoms with Crippen molar-refractivity contribution in [2.45, 2.75) is 19.1 Å². The number of rotatable bonds is 3. The number of hydrogen-bond acceptors (Lipinski definition) is 6. The van der Waals surface area contributed by atoms with Crippen molar-refractivity contribution in [2.75, 3.05) is 31.1 Å². The molecule has 0 bridgehead atoms. The Kier molecular flexibility index (Phi) is 5.09. The van der Waals surface area contributed by atoms with Gasteiger partial charge in [-0.05, 0) is 30.7 Å². The quantitative estimate of drug-likeness (QED) is 0.519. The summed E-state index contributed by atoms with van der Waals surface area (Å²) in [5, 5.41) is 0.797. The number of nitrogens with one attached hydrogen (secondary N) is 1. The first-order valence-corrected chi connectivity index (χ1v) is 10.3. The van der Waals surface area contributed by atoms with Crippen molar-refractivity contribution in [1.29, 1.82) is 0 Å². The first-order valence-electron chi connectivity index (χ1n) is 10.3. The van der Waals surface area contributed by atoms with Gasteiger partial charge in [0.1, 0.15) is 22.7 Å². The number of anilines is 1. The Hall–Kier alpha value is -3.40. The van der Waals surface area contributed by atoms with Gasteiger partial charge in [0.25, 0.3) is 5.56 Å². The Morgan fingerprint density at radius 3 is 2.69 bits per heavy atom. The molecule has 7 nitrogen and oxygen atoms in total. The number of benzene rings is 1. The lowest BCUT2D eigenvalue weighted by Crippen LogP contribution is -2.31. The fraction of sp³-hybridized carbons (Fsp3) is 0.318. The van der Waals surface area contributed by atoms with Gasteiger partial charge in [-0.25, -0.2) is 9.97 Å². The lowest BCUT2D eigenvalue weighted by Gasteiger charge is -2.22. The molecule has 1 saturated heterocycles. The number of aromatic amines is 1. The zero-order valence-electron chi connectivity index (χ0n) is 17.0. The highest BCUT2D eigenvalue weighted by atomic mass is 19.4. The molecule has 166 valence electrons.